The molecule has 0 aromatic carbocycles. The van der Waals surface area contributed by atoms with Crippen molar-refractivity contribution in [3.8, 4) is 0 Å². The van der Waals surface area contributed by atoms with Gasteiger partial charge in [0, 0.05) is 6.54 Å². The highest BCUT2D eigenvalue weighted by atomic mass is 16.4. The first-order valence-electron chi connectivity index (χ1n) is 5.26. The van der Waals surface area contributed by atoms with Crippen LogP contribution in [-0.2, 0) is 5.60 Å². The average molecular weight is 225 g/mol. The highest BCUT2D eigenvalue weighted by Crippen LogP contribution is 2.32. The Hall–Kier alpha value is -1.33. The van der Waals surface area contributed by atoms with Crippen LogP contribution in [0.15, 0.2) is 16.5 Å². The molecule has 1 aromatic rings. The third-order valence-corrected chi connectivity index (χ3v) is 2.94. The Labute approximate surface area is 93.3 Å². The molecule has 88 valence electrons. The molecule has 1 unspecified atom stereocenters. The zero-order valence-corrected chi connectivity index (χ0v) is 9.14. The van der Waals surface area contributed by atoms with Crippen LogP contribution in [0.3, 0.4) is 0 Å². The molecule has 5 nitrogen and oxygen atoms in total. The van der Waals surface area contributed by atoms with E-state index in [1.807, 2.05) is 11.9 Å². The number of rotatable bonds is 2. The fourth-order valence-corrected chi connectivity index (χ4v) is 2.15. The van der Waals surface area contributed by atoms with E-state index < -0.39 is 11.6 Å². The van der Waals surface area contributed by atoms with Crippen molar-refractivity contribution in [1.82, 2.24) is 4.90 Å². The summed E-state index contributed by atoms with van der Waals surface area (Å²) in [5, 5.41) is 19.1. The van der Waals surface area contributed by atoms with Gasteiger partial charge in [-0.15, -0.1) is 0 Å². The maximum Gasteiger partial charge on any atom is 0.371 e. The molecule has 5 heteroatoms. The van der Waals surface area contributed by atoms with E-state index in [0.29, 0.717) is 18.7 Å². The fraction of sp³-hybridized carbons (Fsp3) is 0.545. The van der Waals surface area contributed by atoms with E-state index >= 15 is 0 Å². The van der Waals surface area contributed by atoms with Crippen molar-refractivity contribution < 1.29 is 19.4 Å². The molecule has 0 spiro atoms. The molecule has 0 radical (unpaired) electrons. The van der Waals surface area contributed by atoms with Crippen molar-refractivity contribution in [2.45, 2.75) is 18.4 Å². The van der Waals surface area contributed by atoms with E-state index in [2.05, 4.69) is 0 Å². The third kappa shape index (κ3) is 1.96. The van der Waals surface area contributed by atoms with Crippen LogP contribution in [0, 0.1) is 0 Å². The number of β-amino-alcohol motifs (C(OH)–C–C–N with tert-alkyl or cyclic N) is 1. The van der Waals surface area contributed by atoms with E-state index in [0.717, 1.165) is 13.0 Å². The lowest BCUT2D eigenvalue weighted by molar-refractivity contribution is -0.0445. The van der Waals surface area contributed by atoms with Gasteiger partial charge in [-0.1, -0.05) is 0 Å². The Balaban J connectivity index is 2.24. The second kappa shape index (κ2) is 3.92. The Bertz CT molecular complexity index is 400. The minimum absolute atomic E-state index is 0.128. The van der Waals surface area contributed by atoms with Gasteiger partial charge in [0.05, 0.1) is 0 Å². The first-order chi connectivity index (χ1) is 7.51. The molecule has 1 aliphatic heterocycles. The second-order valence-corrected chi connectivity index (χ2v) is 4.34. The van der Waals surface area contributed by atoms with Crippen molar-refractivity contribution >= 4 is 5.97 Å². The molecule has 2 heterocycles. The number of aromatic carboxylic acids is 1. The summed E-state index contributed by atoms with van der Waals surface area (Å²) < 4.78 is 5.16. The van der Waals surface area contributed by atoms with Crippen molar-refractivity contribution in [2.75, 3.05) is 20.1 Å². The van der Waals surface area contributed by atoms with Crippen LogP contribution in [0.4, 0.5) is 0 Å². The van der Waals surface area contributed by atoms with Gasteiger partial charge < -0.3 is 19.5 Å². The zero-order chi connectivity index (χ0) is 11.8. The van der Waals surface area contributed by atoms with Crippen LogP contribution in [-0.4, -0.2) is 41.2 Å². The monoisotopic (exact) mass is 225 g/mol. The predicted molar refractivity (Wildman–Crippen MR) is 56.3 cm³/mol. The number of carboxylic acid groups (broad SMARTS) is 1. The number of furan rings is 1. The summed E-state index contributed by atoms with van der Waals surface area (Å²) in [5.74, 6) is -0.896. The smallest absolute Gasteiger partial charge is 0.371 e. The number of hydrogen-bond acceptors (Lipinski definition) is 4. The first-order valence-corrected chi connectivity index (χ1v) is 5.26. The standard InChI is InChI=1S/C11H15NO4/c1-12-6-2-5-11(15,7-12)9-4-3-8(16-9)10(13)14/h3-4,15H,2,5-7H2,1H3,(H,13,14). The molecular formula is C11H15NO4. The van der Waals surface area contributed by atoms with Crippen LogP contribution in [0.25, 0.3) is 0 Å². The number of nitrogens with zero attached hydrogens (tertiary/aromatic N) is 1. The first kappa shape index (κ1) is 11.2. The quantitative estimate of drug-likeness (QED) is 0.782. The number of carbonyl (C=O) groups is 1. The van der Waals surface area contributed by atoms with Gasteiger partial charge in [-0.05, 0) is 38.6 Å². The highest BCUT2D eigenvalue weighted by Gasteiger charge is 2.36. The van der Waals surface area contributed by atoms with Crippen molar-refractivity contribution in [2.24, 2.45) is 0 Å². The Morgan fingerprint density at radius 2 is 2.31 bits per heavy atom. The van der Waals surface area contributed by atoms with E-state index in [1.54, 1.807) is 6.07 Å². The highest BCUT2D eigenvalue weighted by molar-refractivity contribution is 5.84. The predicted octanol–water partition coefficient (Wildman–Crippen LogP) is 0.891. The lowest BCUT2D eigenvalue weighted by Gasteiger charge is -2.35. The van der Waals surface area contributed by atoms with Gasteiger partial charge in [-0.2, -0.15) is 0 Å². The number of likely N-dealkylation sites (tertiary alicyclic amines) is 1. The summed E-state index contributed by atoms with van der Waals surface area (Å²) in [6.07, 6.45) is 1.47. The SMILES string of the molecule is CN1CCCC(O)(c2ccc(C(=O)O)o2)C1. The van der Waals surface area contributed by atoms with Gasteiger partial charge >= 0.3 is 5.97 Å². The van der Waals surface area contributed by atoms with Crippen molar-refractivity contribution in [3.05, 3.63) is 23.7 Å². The van der Waals surface area contributed by atoms with Crippen LogP contribution in [0.2, 0.25) is 0 Å². The molecule has 0 saturated carbocycles. The Morgan fingerprint density at radius 1 is 1.56 bits per heavy atom. The molecule has 2 rings (SSSR count). The Morgan fingerprint density at radius 3 is 2.88 bits per heavy atom. The molecule has 1 fully saturated rings. The third-order valence-electron chi connectivity index (χ3n) is 2.94. The summed E-state index contributed by atoms with van der Waals surface area (Å²) in [6, 6.07) is 2.92. The van der Waals surface area contributed by atoms with Crippen LogP contribution < -0.4 is 0 Å². The van der Waals surface area contributed by atoms with Crippen LogP contribution in [0.1, 0.15) is 29.2 Å². The summed E-state index contributed by atoms with van der Waals surface area (Å²) >= 11 is 0. The maximum atomic E-state index is 10.7. The van der Waals surface area contributed by atoms with Gasteiger partial charge in [-0.3, -0.25) is 0 Å². The van der Waals surface area contributed by atoms with Gasteiger partial charge in [-0.25, -0.2) is 4.79 Å². The fourth-order valence-electron chi connectivity index (χ4n) is 2.15. The second-order valence-electron chi connectivity index (χ2n) is 4.34. The summed E-state index contributed by atoms with van der Waals surface area (Å²) in [5.41, 5.74) is -1.05. The van der Waals surface area contributed by atoms with E-state index in [9.17, 15) is 9.90 Å². The molecule has 0 bridgehead atoms. The van der Waals surface area contributed by atoms with Gasteiger partial charge in [0.15, 0.2) is 0 Å². The minimum Gasteiger partial charge on any atom is -0.475 e. The van der Waals surface area contributed by atoms with E-state index in [1.165, 1.54) is 6.07 Å². The average Bonchev–Trinajstić information content (AvgIpc) is 2.66. The Kier molecular flexibility index (Phi) is 2.73. The lowest BCUT2D eigenvalue weighted by atomic mass is 9.91. The van der Waals surface area contributed by atoms with Crippen molar-refractivity contribution in [1.29, 1.82) is 0 Å². The summed E-state index contributed by atoms with van der Waals surface area (Å²) in [4.78, 5) is 12.7. The van der Waals surface area contributed by atoms with E-state index in [-0.39, 0.29) is 5.76 Å². The molecule has 1 aliphatic rings. The number of carboxylic acids is 1. The van der Waals surface area contributed by atoms with Gasteiger partial charge in [0.2, 0.25) is 5.76 Å². The topological polar surface area (TPSA) is 73.9 Å². The lowest BCUT2D eigenvalue weighted by Crippen LogP contribution is -2.43. The molecule has 1 atom stereocenters. The minimum atomic E-state index is -1.11. The molecule has 1 saturated heterocycles. The number of piperidine rings is 1. The molecule has 1 aromatic heterocycles. The molecule has 0 amide bonds. The van der Waals surface area contributed by atoms with Gasteiger partial charge in [0.25, 0.3) is 0 Å². The molecule has 2 N–H and O–H groups in total. The zero-order valence-electron chi connectivity index (χ0n) is 9.14. The van der Waals surface area contributed by atoms with Crippen LogP contribution >= 0.6 is 0 Å². The van der Waals surface area contributed by atoms with Crippen molar-refractivity contribution in [3.63, 3.8) is 0 Å². The van der Waals surface area contributed by atoms with Gasteiger partial charge in [0.1, 0.15) is 11.4 Å². The van der Waals surface area contributed by atoms with E-state index in [4.69, 9.17) is 9.52 Å². The largest absolute Gasteiger partial charge is 0.475 e. The maximum absolute atomic E-state index is 10.7. The number of likely N-dealkylation sites (N-methyl/N-ethyl adjacent to an activating group) is 1. The molecule has 0 aliphatic carbocycles. The number of aliphatic hydroxyl groups is 1. The van der Waals surface area contributed by atoms with Crippen LogP contribution in [0.5, 0.6) is 0 Å². The molecule has 16 heavy (non-hydrogen) atoms. The number of hydrogen-bond donors (Lipinski definition) is 2. The summed E-state index contributed by atoms with van der Waals surface area (Å²) in [7, 11) is 1.92. The molecular weight excluding hydrogens is 210 g/mol. The normalized spacial score (nSPS) is 26.9. The summed E-state index contributed by atoms with van der Waals surface area (Å²) in [6.45, 7) is 1.41.